The zero-order chi connectivity index (χ0) is 23.5. The van der Waals surface area contributed by atoms with E-state index in [1.807, 2.05) is 36.3 Å². The van der Waals surface area contributed by atoms with Gasteiger partial charge in [0, 0.05) is 24.0 Å². The first-order valence-electron chi connectivity index (χ1n) is 11.9. The monoisotopic (exact) mass is 476 g/mol. The molecule has 33 heavy (non-hydrogen) atoms. The predicted octanol–water partition coefficient (Wildman–Crippen LogP) is 0.885. The minimum absolute atomic E-state index is 0.00291. The smallest absolute Gasteiger partial charge is 0.288 e. The van der Waals surface area contributed by atoms with Crippen molar-refractivity contribution in [1.82, 2.24) is 15.1 Å². The Morgan fingerprint density at radius 1 is 1.27 bits per heavy atom. The molecule has 1 saturated carbocycles. The van der Waals surface area contributed by atoms with Gasteiger partial charge >= 0.3 is 0 Å². The number of amidine groups is 1. The SMILES string of the molecule is C[C@@H]1N=C(N2CCN(C(=O)[C@H](N)[C@H]3CC[C@H](N)CC3)[C@H](C(=O)NCc3cccs3)C2)O[C@H]1C. The van der Waals surface area contributed by atoms with Crippen LogP contribution in [0.25, 0.3) is 0 Å². The third-order valence-corrected chi connectivity index (χ3v) is 8.02. The molecule has 3 aliphatic rings. The number of hydrogen-bond acceptors (Lipinski definition) is 8. The van der Waals surface area contributed by atoms with Crippen molar-refractivity contribution < 1.29 is 14.3 Å². The summed E-state index contributed by atoms with van der Waals surface area (Å²) in [4.78, 5) is 36.1. The van der Waals surface area contributed by atoms with E-state index in [1.165, 1.54) is 0 Å². The summed E-state index contributed by atoms with van der Waals surface area (Å²) in [5, 5.41) is 4.98. The molecule has 3 heterocycles. The van der Waals surface area contributed by atoms with Gasteiger partial charge in [0.15, 0.2) is 0 Å². The van der Waals surface area contributed by atoms with Crippen molar-refractivity contribution in [2.45, 2.75) is 76.3 Å². The Morgan fingerprint density at radius 3 is 2.67 bits per heavy atom. The summed E-state index contributed by atoms with van der Waals surface area (Å²) in [5.41, 5.74) is 12.5. The lowest BCUT2D eigenvalue weighted by atomic mass is 9.81. The highest BCUT2D eigenvalue weighted by Crippen LogP contribution is 2.27. The topological polar surface area (TPSA) is 126 Å². The van der Waals surface area contributed by atoms with Crippen LogP contribution in [-0.2, 0) is 20.9 Å². The van der Waals surface area contributed by atoms with E-state index in [4.69, 9.17) is 16.2 Å². The molecule has 2 fully saturated rings. The summed E-state index contributed by atoms with van der Waals surface area (Å²) < 4.78 is 5.91. The van der Waals surface area contributed by atoms with E-state index in [0.29, 0.717) is 32.2 Å². The Balaban J connectivity index is 1.47. The van der Waals surface area contributed by atoms with Crippen LogP contribution in [0.2, 0.25) is 0 Å². The van der Waals surface area contributed by atoms with E-state index in [9.17, 15) is 9.59 Å². The first-order chi connectivity index (χ1) is 15.8. The van der Waals surface area contributed by atoms with Gasteiger partial charge < -0.3 is 31.3 Å². The molecular formula is C23H36N6O3S. The van der Waals surface area contributed by atoms with E-state index in [1.54, 1.807) is 16.2 Å². The van der Waals surface area contributed by atoms with E-state index >= 15 is 0 Å². The normalized spacial score (nSPS) is 31.0. The number of amides is 2. The molecule has 0 unspecified atom stereocenters. The number of thiophene rings is 1. The molecule has 1 aromatic heterocycles. The second-order valence-corrected chi connectivity index (χ2v) is 10.5. The summed E-state index contributed by atoms with van der Waals surface area (Å²) in [6.45, 7) is 5.73. The zero-order valence-electron chi connectivity index (χ0n) is 19.5. The van der Waals surface area contributed by atoms with Crippen molar-refractivity contribution in [2.75, 3.05) is 19.6 Å². The molecule has 5 N–H and O–H groups in total. The van der Waals surface area contributed by atoms with Crippen LogP contribution in [-0.4, -0.2) is 77.5 Å². The first kappa shape index (κ1) is 24.0. The number of carbonyl (C=O) groups is 2. The Hall–Kier alpha value is -2.17. The molecule has 0 radical (unpaired) electrons. The van der Waals surface area contributed by atoms with Gasteiger partial charge in [0.1, 0.15) is 12.1 Å². The van der Waals surface area contributed by atoms with Gasteiger partial charge in [0.25, 0.3) is 6.02 Å². The third kappa shape index (κ3) is 5.50. The molecular weight excluding hydrogens is 440 g/mol. The second kappa shape index (κ2) is 10.4. The number of nitrogens with zero attached hydrogens (tertiary/aromatic N) is 3. The number of hydrogen-bond donors (Lipinski definition) is 3. The fourth-order valence-electron chi connectivity index (χ4n) is 4.78. The quantitative estimate of drug-likeness (QED) is 0.579. The minimum Gasteiger partial charge on any atom is -0.460 e. The largest absolute Gasteiger partial charge is 0.460 e. The van der Waals surface area contributed by atoms with Crippen LogP contribution in [0.4, 0.5) is 0 Å². The van der Waals surface area contributed by atoms with Gasteiger partial charge in [-0.05, 0) is 56.9 Å². The summed E-state index contributed by atoms with van der Waals surface area (Å²) in [6.07, 6.45) is 3.47. The van der Waals surface area contributed by atoms with E-state index in [2.05, 4.69) is 10.3 Å². The maximum Gasteiger partial charge on any atom is 0.288 e. The van der Waals surface area contributed by atoms with Crippen molar-refractivity contribution in [3.8, 4) is 0 Å². The lowest BCUT2D eigenvalue weighted by Gasteiger charge is -2.42. The average molecular weight is 477 g/mol. The average Bonchev–Trinajstić information content (AvgIpc) is 3.46. The van der Waals surface area contributed by atoms with Gasteiger partial charge in [0.05, 0.1) is 25.2 Å². The molecule has 9 nitrogen and oxygen atoms in total. The number of ether oxygens (including phenoxy) is 1. The van der Waals surface area contributed by atoms with Crippen LogP contribution < -0.4 is 16.8 Å². The molecule has 0 spiro atoms. The van der Waals surface area contributed by atoms with Gasteiger partial charge in [-0.25, -0.2) is 4.99 Å². The van der Waals surface area contributed by atoms with Crippen LogP contribution in [0.1, 0.15) is 44.4 Å². The van der Waals surface area contributed by atoms with Crippen LogP contribution in [0.5, 0.6) is 0 Å². The zero-order valence-corrected chi connectivity index (χ0v) is 20.3. The highest BCUT2D eigenvalue weighted by molar-refractivity contribution is 7.09. The van der Waals surface area contributed by atoms with Gasteiger partial charge in [-0.2, -0.15) is 0 Å². The molecule has 1 aromatic rings. The summed E-state index contributed by atoms with van der Waals surface area (Å²) in [6, 6.07) is 3.49. The van der Waals surface area contributed by atoms with Gasteiger partial charge in [0.2, 0.25) is 11.8 Å². The Bertz CT molecular complexity index is 854. The molecule has 10 heteroatoms. The van der Waals surface area contributed by atoms with Crippen molar-refractivity contribution >= 4 is 29.2 Å². The number of carbonyl (C=O) groups excluding carboxylic acids is 2. The first-order valence-corrected chi connectivity index (χ1v) is 12.8. The van der Waals surface area contributed by atoms with Crippen LogP contribution >= 0.6 is 11.3 Å². The third-order valence-electron chi connectivity index (χ3n) is 7.15. The summed E-state index contributed by atoms with van der Waals surface area (Å²) in [5.74, 6) is -0.226. The number of aliphatic imine (C=N–C) groups is 1. The van der Waals surface area contributed by atoms with E-state index in [0.717, 1.165) is 30.6 Å². The maximum absolute atomic E-state index is 13.5. The number of nitrogens with two attached hydrogens (primary N) is 2. The van der Waals surface area contributed by atoms with Gasteiger partial charge in [-0.3, -0.25) is 9.59 Å². The minimum atomic E-state index is -0.652. The molecule has 4 atom stereocenters. The predicted molar refractivity (Wildman–Crippen MR) is 129 cm³/mol. The van der Waals surface area contributed by atoms with Crippen LogP contribution in [0.3, 0.4) is 0 Å². The summed E-state index contributed by atoms with van der Waals surface area (Å²) in [7, 11) is 0. The van der Waals surface area contributed by atoms with E-state index in [-0.39, 0.29) is 35.9 Å². The Kier molecular flexibility index (Phi) is 7.55. The molecule has 182 valence electrons. The fraction of sp³-hybridized carbons (Fsp3) is 0.696. The highest BCUT2D eigenvalue weighted by Gasteiger charge is 2.41. The number of piperazine rings is 1. The molecule has 0 aromatic carbocycles. The Labute approximate surface area is 199 Å². The molecule has 1 aliphatic carbocycles. The molecule has 1 saturated heterocycles. The van der Waals surface area contributed by atoms with Crippen molar-refractivity contribution in [3.05, 3.63) is 22.4 Å². The van der Waals surface area contributed by atoms with Crippen LogP contribution in [0, 0.1) is 5.92 Å². The lowest BCUT2D eigenvalue weighted by Crippen LogP contribution is -2.64. The number of rotatable bonds is 5. The van der Waals surface area contributed by atoms with E-state index < -0.39 is 12.1 Å². The maximum atomic E-state index is 13.5. The second-order valence-electron chi connectivity index (χ2n) is 9.47. The number of nitrogens with one attached hydrogen (secondary N) is 1. The van der Waals surface area contributed by atoms with Gasteiger partial charge in [-0.15, -0.1) is 11.3 Å². The van der Waals surface area contributed by atoms with Crippen molar-refractivity contribution in [3.63, 3.8) is 0 Å². The standard InChI is InChI=1S/C23H36N6O3S/c1-14-15(2)32-23(27-14)28-9-10-29(22(31)20(25)16-5-7-17(24)8-6-16)19(13-28)21(30)26-12-18-4-3-11-33-18/h3-4,11,14-17,19-20H,5-10,12-13,24-25H2,1-2H3,(H,26,30)/t14-,15-,16-,17-,19-,20+/m0/s1. The Morgan fingerprint density at radius 2 is 2.03 bits per heavy atom. The molecule has 2 amide bonds. The van der Waals surface area contributed by atoms with Gasteiger partial charge in [-0.1, -0.05) is 6.07 Å². The highest BCUT2D eigenvalue weighted by atomic mass is 32.1. The molecule has 2 aliphatic heterocycles. The molecule has 0 bridgehead atoms. The molecule has 4 rings (SSSR count). The van der Waals surface area contributed by atoms with Crippen molar-refractivity contribution in [1.29, 1.82) is 0 Å². The summed E-state index contributed by atoms with van der Waals surface area (Å²) >= 11 is 1.59. The fourth-order valence-corrected chi connectivity index (χ4v) is 5.42. The lowest BCUT2D eigenvalue weighted by molar-refractivity contribution is -0.145. The van der Waals surface area contributed by atoms with Crippen molar-refractivity contribution in [2.24, 2.45) is 22.4 Å². The van der Waals surface area contributed by atoms with Crippen LogP contribution in [0.15, 0.2) is 22.5 Å².